The number of methoxy groups -OCH3 is 1. The summed E-state index contributed by atoms with van der Waals surface area (Å²) in [5.41, 5.74) is 5.44. The number of thiazole rings is 1. The Morgan fingerprint density at radius 1 is 1.02 bits per heavy atom. The molecule has 9 heteroatoms. The van der Waals surface area contributed by atoms with Gasteiger partial charge in [0.15, 0.2) is 0 Å². The lowest BCUT2D eigenvalue weighted by Crippen LogP contribution is -2.30. The number of esters is 1. The van der Waals surface area contributed by atoms with Gasteiger partial charge in [0.25, 0.3) is 5.19 Å². The van der Waals surface area contributed by atoms with Gasteiger partial charge in [0, 0.05) is 56.3 Å². The average molecular weight is 644 g/mol. The largest absolute Gasteiger partial charge is 0.487 e. The number of carbonyl (C=O) groups is 1. The SMILES string of the molecule is CCOC(=O)C(C)(C)Cc1c(SC(C)(C)C)c2cc(OCc3ccccn3)ccc2n1Cc1ccc(-c2csc(OC)n2)cc1. The van der Waals surface area contributed by atoms with Gasteiger partial charge in [0.1, 0.15) is 12.4 Å². The van der Waals surface area contributed by atoms with Crippen LogP contribution in [0.4, 0.5) is 0 Å². The van der Waals surface area contributed by atoms with Gasteiger partial charge in [0.05, 0.1) is 30.5 Å². The summed E-state index contributed by atoms with van der Waals surface area (Å²) >= 11 is 3.31. The molecule has 0 bridgehead atoms. The molecule has 0 radical (unpaired) electrons. The van der Waals surface area contributed by atoms with Crippen molar-refractivity contribution in [2.75, 3.05) is 13.7 Å². The first-order valence-electron chi connectivity index (χ1n) is 15.1. The second kappa shape index (κ2) is 13.7. The lowest BCUT2D eigenvalue weighted by molar-refractivity contribution is -0.153. The fraction of sp³-hybridized carbons (Fsp3) is 0.361. The fourth-order valence-corrected chi connectivity index (χ4v) is 6.96. The predicted octanol–water partition coefficient (Wildman–Crippen LogP) is 8.82. The van der Waals surface area contributed by atoms with E-state index in [4.69, 9.17) is 14.2 Å². The van der Waals surface area contributed by atoms with E-state index in [0.717, 1.165) is 49.8 Å². The molecule has 0 atom stereocenters. The third-order valence-electron chi connectivity index (χ3n) is 7.30. The molecule has 3 heterocycles. The van der Waals surface area contributed by atoms with Crippen molar-refractivity contribution in [2.24, 2.45) is 5.41 Å². The third kappa shape index (κ3) is 7.89. The van der Waals surface area contributed by atoms with E-state index < -0.39 is 5.41 Å². The van der Waals surface area contributed by atoms with Gasteiger partial charge in [-0.15, -0.1) is 11.8 Å². The topological polar surface area (TPSA) is 75.5 Å². The summed E-state index contributed by atoms with van der Waals surface area (Å²) in [6, 6.07) is 20.6. The van der Waals surface area contributed by atoms with Crippen LogP contribution in [0.1, 0.15) is 58.5 Å². The van der Waals surface area contributed by atoms with Crippen molar-refractivity contribution < 1.29 is 19.0 Å². The molecule has 5 aromatic rings. The lowest BCUT2D eigenvalue weighted by Gasteiger charge is -2.26. The molecule has 45 heavy (non-hydrogen) atoms. The Bertz CT molecular complexity index is 1750. The van der Waals surface area contributed by atoms with Gasteiger partial charge >= 0.3 is 5.97 Å². The van der Waals surface area contributed by atoms with Crippen molar-refractivity contribution in [2.45, 2.75) is 70.8 Å². The molecule has 5 rings (SSSR count). The first-order valence-corrected chi connectivity index (χ1v) is 16.8. The van der Waals surface area contributed by atoms with Crippen LogP contribution in [0.3, 0.4) is 0 Å². The summed E-state index contributed by atoms with van der Waals surface area (Å²) in [5.74, 6) is 0.580. The maximum absolute atomic E-state index is 13.1. The highest BCUT2D eigenvalue weighted by molar-refractivity contribution is 8.00. The second-order valence-electron chi connectivity index (χ2n) is 12.5. The number of hydrogen-bond acceptors (Lipinski definition) is 8. The van der Waals surface area contributed by atoms with Gasteiger partial charge in [-0.25, -0.2) is 4.98 Å². The van der Waals surface area contributed by atoms with Gasteiger partial charge in [0.2, 0.25) is 0 Å². The summed E-state index contributed by atoms with van der Waals surface area (Å²) < 4.78 is 19.3. The van der Waals surface area contributed by atoms with E-state index in [-0.39, 0.29) is 10.7 Å². The highest BCUT2D eigenvalue weighted by atomic mass is 32.2. The van der Waals surface area contributed by atoms with Crippen LogP contribution in [0.15, 0.2) is 77.1 Å². The van der Waals surface area contributed by atoms with E-state index in [9.17, 15) is 4.79 Å². The van der Waals surface area contributed by atoms with Crippen molar-refractivity contribution in [3.05, 3.63) is 89.2 Å². The second-order valence-corrected chi connectivity index (χ2v) is 15.2. The minimum atomic E-state index is -0.721. The molecule has 0 amide bonds. The Balaban J connectivity index is 1.58. The number of ether oxygens (including phenoxy) is 3. The lowest BCUT2D eigenvalue weighted by atomic mass is 9.87. The number of thioether (sulfide) groups is 1. The minimum absolute atomic E-state index is 0.0665. The van der Waals surface area contributed by atoms with Gasteiger partial charge in [-0.05, 0) is 56.7 Å². The molecule has 3 aromatic heterocycles. The van der Waals surface area contributed by atoms with Gasteiger partial charge in [-0.3, -0.25) is 9.78 Å². The number of rotatable bonds is 12. The molecule has 7 nitrogen and oxygen atoms in total. The third-order valence-corrected chi connectivity index (χ3v) is 9.37. The number of pyridine rings is 1. The Morgan fingerprint density at radius 2 is 1.80 bits per heavy atom. The van der Waals surface area contributed by atoms with Crippen molar-refractivity contribution >= 4 is 40.0 Å². The monoisotopic (exact) mass is 643 g/mol. The molecule has 0 saturated heterocycles. The van der Waals surface area contributed by atoms with Crippen LogP contribution < -0.4 is 9.47 Å². The van der Waals surface area contributed by atoms with Crippen LogP contribution >= 0.6 is 23.1 Å². The van der Waals surface area contributed by atoms with Crippen molar-refractivity contribution in [1.29, 1.82) is 0 Å². The zero-order chi connectivity index (χ0) is 32.2. The number of hydrogen-bond donors (Lipinski definition) is 0. The van der Waals surface area contributed by atoms with Crippen LogP contribution in [0, 0.1) is 5.41 Å². The molecule has 0 aliphatic rings. The number of fused-ring (bicyclic) bond motifs is 1. The summed E-state index contributed by atoms with van der Waals surface area (Å²) in [4.78, 5) is 23.3. The first-order chi connectivity index (χ1) is 21.5. The summed E-state index contributed by atoms with van der Waals surface area (Å²) in [6.45, 7) is 13.8. The molecule has 2 aromatic carbocycles. The highest BCUT2D eigenvalue weighted by Gasteiger charge is 2.34. The van der Waals surface area contributed by atoms with Crippen LogP contribution in [-0.2, 0) is 29.1 Å². The van der Waals surface area contributed by atoms with Crippen molar-refractivity contribution in [3.63, 3.8) is 0 Å². The molecule has 0 fully saturated rings. The predicted molar refractivity (Wildman–Crippen MR) is 183 cm³/mol. The summed E-state index contributed by atoms with van der Waals surface area (Å²) in [6.07, 6.45) is 2.30. The number of carbonyl (C=O) groups excluding carboxylic acids is 1. The molecule has 0 spiro atoms. The Kier molecular flexibility index (Phi) is 9.89. The summed E-state index contributed by atoms with van der Waals surface area (Å²) in [5, 5.41) is 3.76. The minimum Gasteiger partial charge on any atom is -0.487 e. The molecule has 0 aliphatic carbocycles. The summed E-state index contributed by atoms with van der Waals surface area (Å²) in [7, 11) is 1.63. The normalized spacial score (nSPS) is 12.0. The molecule has 0 aliphatic heterocycles. The van der Waals surface area contributed by atoms with E-state index >= 15 is 0 Å². The average Bonchev–Trinajstić information content (AvgIpc) is 3.60. The van der Waals surface area contributed by atoms with Gasteiger partial charge in [-0.1, -0.05) is 62.4 Å². The highest BCUT2D eigenvalue weighted by Crippen LogP contribution is 2.44. The quantitative estimate of drug-likeness (QED) is 0.0993. The van der Waals surface area contributed by atoms with Crippen molar-refractivity contribution in [1.82, 2.24) is 14.5 Å². The van der Waals surface area contributed by atoms with E-state index in [1.54, 1.807) is 13.3 Å². The molecular weight excluding hydrogens is 603 g/mol. The van der Waals surface area contributed by atoms with Gasteiger partial charge < -0.3 is 18.8 Å². The molecule has 0 saturated carbocycles. The van der Waals surface area contributed by atoms with E-state index in [2.05, 4.69) is 71.7 Å². The maximum Gasteiger partial charge on any atom is 0.311 e. The molecule has 236 valence electrons. The Labute approximate surface area is 274 Å². The standard InChI is InChI=1S/C36H41N3O4S2/c1-8-42-33(40)36(5,6)20-31-32(45-35(2,3)4)28-19-27(43-22-26-11-9-10-18-37-26)16-17-30(28)39(31)21-24-12-14-25(15-13-24)29-23-44-34(38-29)41-7/h9-19,23H,8,20-22H2,1-7H3. The molecular formula is C36H41N3O4S2. The van der Waals surface area contributed by atoms with Crippen LogP contribution in [0.5, 0.6) is 10.9 Å². The van der Waals surface area contributed by atoms with Crippen molar-refractivity contribution in [3.8, 4) is 22.2 Å². The van der Waals surface area contributed by atoms with Crippen LogP contribution in [-0.4, -0.2) is 39.0 Å². The van der Waals surface area contributed by atoms with E-state index in [0.29, 0.717) is 31.4 Å². The Morgan fingerprint density at radius 3 is 2.44 bits per heavy atom. The van der Waals surface area contributed by atoms with E-state index in [1.165, 1.54) is 11.3 Å². The molecule has 0 N–H and O–H groups in total. The fourth-order valence-electron chi connectivity index (χ4n) is 5.13. The first kappa shape index (κ1) is 32.6. The maximum atomic E-state index is 13.1. The number of benzene rings is 2. The Hall–Kier alpha value is -3.82. The smallest absolute Gasteiger partial charge is 0.311 e. The zero-order valence-corrected chi connectivity index (χ0v) is 28.7. The van der Waals surface area contributed by atoms with E-state index in [1.807, 2.05) is 62.2 Å². The molecule has 0 unspecified atom stereocenters. The van der Waals surface area contributed by atoms with Crippen LogP contribution in [0.2, 0.25) is 0 Å². The number of nitrogens with zero attached hydrogens (tertiary/aromatic N) is 3. The zero-order valence-electron chi connectivity index (χ0n) is 27.0. The number of aromatic nitrogens is 3. The van der Waals surface area contributed by atoms with Crippen LogP contribution in [0.25, 0.3) is 22.2 Å². The van der Waals surface area contributed by atoms with Gasteiger partial charge in [-0.2, -0.15) is 0 Å².